The van der Waals surface area contributed by atoms with Crippen LogP contribution in [0.3, 0.4) is 0 Å². The van der Waals surface area contributed by atoms with Crippen molar-refractivity contribution in [2.24, 2.45) is 0 Å². The Morgan fingerprint density at radius 2 is 1.83 bits per heavy atom. The number of amides is 2. The van der Waals surface area contributed by atoms with Crippen molar-refractivity contribution in [3.63, 3.8) is 0 Å². The van der Waals surface area contributed by atoms with Gasteiger partial charge in [-0.1, -0.05) is 19.1 Å². The predicted molar refractivity (Wildman–Crippen MR) is 87.7 cm³/mol. The zero-order valence-electron chi connectivity index (χ0n) is 13.5. The molecular weight excluding hydrogens is 310 g/mol. The Kier molecular flexibility index (Phi) is 5.73. The van der Waals surface area contributed by atoms with Crippen LogP contribution in [-0.4, -0.2) is 29.2 Å². The number of hydrazine groups is 1. The Balaban J connectivity index is 1.77. The predicted octanol–water partition coefficient (Wildman–Crippen LogP) is 1.62. The lowest BCUT2D eigenvalue weighted by molar-refractivity contribution is -0.123. The van der Waals surface area contributed by atoms with Gasteiger partial charge < -0.3 is 9.72 Å². The smallest absolute Gasteiger partial charge is 0.286 e. The summed E-state index contributed by atoms with van der Waals surface area (Å²) in [6, 6.07) is 8.83. The van der Waals surface area contributed by atoms with Crippen molar-refractivity contribution < 1.29 is 19.1 Å². The Morgan fingerprint density at radius 3 is 2.42 bits per heavy atom. The molecule has 2 amide bonds. The number of benzene rings is 1. The molecular formula is C17H19N3O4. The molecule has 7 heteroatoms. The quantitative estimate of drug-likeness (QED) is 0.554. The molecule has 24 heavy (non-hydrogen) atoms. The summed E-state index contributed by atoms with van der Waals surface area (Å²) in [5.41, 5.74) is 6.24. The number of aryl methyl sites for hydroxylation is 1. The number of carbonyl (C=O) groups excluding carboxylic acids is 3. The Labute approximate surface area is 139 Å². The van der Waals surface area contributed by atoms with Crippen molar-refractivity contribution in [3.8, 4) is 5.75 Å². The molecule has 0 bridgehead atoms. The number of hydrogen-bond donors (Lipinski definition) is 3. The molecule has 1 aromatic carbocycles. The summed E-state index contributed by atoms with van der Waals surface area (Å²) < 4.78 is 5.33. The van der Waals surface area contributed by atoms with Crippen molar-refractivity contribution in [2.45, 2.75) is 20.3 Å². The number of nitrogens with one attached hydrogen (secondary N) is 3. The van der Waals surface area contributed by atoms with Gasteiger partial charge in [-0.3, -0.25) is 25.2 Å². The van der Waals surface area contributed by atoms with Crippen molar-refractivity contribution in [1.29, 1.82) is 0 Å². The molecule has 1 heterocycles. The first-order chi connectivity index (χ1) is 11.5. The van der Waals surface area contributed by atoms with Gasteiger partial charge in [-0.15, -0.1) is 0 Å². The summed E-state index contributed by atoms with van der Waals surface area (Å²) in [6.07, 6.45) is 2.36. The molecule has 0 radical (unpaired) electrons. The minimum atomic E-state index is -0.553. The summed E-state index contributed by atoms with van der Waals surface area (Å²) >= 11 is 0. The van der Waals surface area contributed by atoms with Crippen LogP contribution in [0.2, 0.25) is 0 Å². The third kappa shape index (κ3) is 4.70. The minimum absolute atomic E-state index is 0.156. The second kappa shape index (κ2) is 7.96. The van der Waals surface area contributed by atoms with Gasteiger partial charge in [0.2, 0.25) is 0 Å². The third-order valence-electron chi connectivity index (χ3n) is 3.35. The topological polar surface area (TPSA) is 100 Å². The van der Waals surface area contributed by atoms with Gasteiger partial charge in [-0.2, -0.15) is 0 Å². The maximum Gasteiger partial charge on any atom is 0.286 e. The Hall–Kier alpha value is -3.09. The number of rotatable bonds is 6. The maximum absolute atomic E-state index is 11.8. The molecule has 126 valence electrons. The SMILES string of the molecule is CCc1ccc(OCC(=O)NNC(=O)c2cc(C(C)=O)c[nH]2)cc1. The van der Waals surface area contributed by atoms with E-state index in [1.807, 2.05) is 12.1 Å². The third-order valence-corrected chi connectivity index (χ3v) is 3.35. The summed E-state index contributed by atoms with van der Waals surface area (Å²) in [6.45, 7) is 3.22. The van der Waals surface area contributed by atoms with Gasteiger partial charge in [-0.25, -0.2) is 0 Å². The number of Topliss-reactive ketones (excluding diaryl/α,β-unsaturated/α-hetero) is 1. The number of aromatic nitrogens is 1. The summed E-state index contributed by atoms with van der Waals surface area (Å²) in [4.78, 5) is 37.3. The molecule has 0 aliphatic rings. The molecule has 2 rings (SSSR count). The Morgan fingerprint density at radius 1 is 1.12 bits per heavy atom. The summed E-state index contributed by atoms with van der Waals surface area (Å²) in [5, 5.41) is 0. The second-order valence-electron chi connectivity index (χ2n) is 5.15. The highest BCUT2D eigenvalue weighted by molar-refractivity contribution is 5.99. The molecule has 0 atom stereocenters. The largest absolute Gasteiger partial charge is 0.484 e. The van der Waals surface area contributed by atoms with Crippen LogP contribution in [0.4, 0.5) is 0 Å². The van der Waals surface area contributed by atoms with E-state index < -0.39 is 11.8 Å². The average Bonchev–Trinajstić information content (AvgIpc) is 3.08. The number of carbonyl (C=O) groups is 3. The van der Waals surface area contributed by atoms with E-state index in [-0.39, 0.29) is 18.1 Å². The van der Waals surface area contributed by atoms with E-state index in [4.69, 9.17) is 4.74 Å². The molecule has 0 saturated heterocycles. The van der Waals surface area contributed by atoms with Gasteiger partial charge in [0.15, 0.2) is 12.4 Å². The molecule has 2 aromatic rings. The van der Waals surface area contributed by atoms with Gasteiger partial charge in [-0.05, 0) is 37.1 Å². The van der Waals surface area contributed by atoms with E-state index in [0.717, 1.165) is 6.42 Å². The van der Waals surface area contributed by atoms with Crippen molar-refractivity contribution in [2.75, 3.05) is 6.61 Å². The highest BCUT2D eigenvalue weighted by Gasteiger charge is 2.11. The van der Waals surface area contributed by atoms with Gasteiger partial charge in [0.1, 0.15) is 11.4 Å². The zero-order chi connectivity index (χ0) is 17.5. The maximum atomic E-state index is 11.8. The molecule has 0 unspecified atom stereocenters. The van der Waals surface area contributed by atoms with Gasteiger partial charge in [0.25, 0.3) is 11.8 Å². The molecule has 7 nitrogen and oxygen atoms in total. The van der Waals surface area contributed by atoms with Crippen LogP contribution in [0, 0.1) is 0 Å². The Bertz CT molecular complexity index is 735. The highest BCUT2D eigenvalue weighted by atomic mass is 16.5. The van der Waals surface area contributed by atoms with Crippen LogP contribution in [-0.2, 0) is 11.2 Å². The standard InChI is InChI=1S/C17H19N3O4/c1-3-12-4-6-14(7-5-12)24-10-16(22)19-20-17(23)15-8-13(9-18-15)11(2)21/h4-9,18H,3,10H2,1-2H3,(H,19,22)(H,20,23). The van der Waals surface area contributed by atoms with Crippen LogP contribution in [0.1, 0.15) is 40.3 Å². The van der Waals surface area contributed by atoms with Gasteiger partial charge >= 0.3 is 0 Å². The van der Waals surface area contributed by atoms with Crippen LogP contribution in [0.25, 0.3) is 0 Å². The monoisotopic (exact) mass is 329 g/mol. The summed E-state index contributed by atoms with van der Waals surface area (Å²) in [7, 11) is 0. The lowest BCUT2D eigenvalue weighted by Gasteiger charge is -2.08. The van der Waals surface area contributed by atoms with E-state index in [1.54, 1.807) is 12.1 Å². The van der Waals surface area contributed by atoms with Crippen molar-refractivity contribution in [1.82, 2.24) is 15.8 Å². The molecule has 1 aromatic heterocycles. The van der Waals surface area contributed by atoms with Crippen molar-refractivity contribution >= 4 is 17.6 Å². The van der Waals surface area contributed by atoms with E-state index in [2.05, 4.69) is 22.8 Å². The first-order valence-electron chi connectivity index (χ1n) is 7.50. The lowest BCUT2D eigenvalue weighted by Crippen LogP contribution is -2.43. The van der Waals surface area contributed by atoms with Crippen LogP contribution in [0.15, 0.2) is 36.5 Å². The first-order valence-corrected chi connectivity index (χ1v) is 7.50. The fourth-order valence-corrected chi connectivity index (χ4v) is 1.93. The number of H-pyrrole nitrogens is 1. The van der Waals surface area contributed by atoms with Crippen molar-refractivity contribution in [3.05, 3.63) is 53.3 Å². The highest BCUT2D eigenvalue weighted by Crippen LogP contribution is 2.12. The number of aromatic amines is 1. The molecule has 0 aliphatic carbocycles. The number of ether oxygens (including phenoxy) is 1. The van der Waals surface area contributed by atoms with E-state index in [1.165, 1.54) is 24.8 Å². The van der Waals surface area contributed by atoms with Gasteiger partial charge in [0.05, 0.1) is 0 Å². The molecule has 0 fully saturated rings. The lowest BCUT2D eigenvalue weighted by atomic mass is 10.2. The fourth-order valence-electron chi connectivity index (χ4n) is 1.93. The van der Waals surface area contributed by atoms with E-state index >= 15 is 0 Å². The second-order valence-corrected chi connectivity index (χ2v) is 5.15. The van der Waals surface area contributed by atoms with Crippen LogP contribution < -0.4 is 15.6 Å². The average molecular weight is 329 g/mol. The summed E-state index contributed by atoms with van der Waals surface area (Å²) in [5.74, 6) is -0.634. The van der Waals surface area contributed by atoms with E-state index in [9.17, 15) is 14.4 Å². The van der Waals surface area contributed by atoms with Crippen LogP contribution in [0.5, 0.6) is 5.75 Å². The first kappa shape index (κ1) is 17.3. The molecule has 0 aliphatic heterocycles. The van der Waals surface area contributed by atoms with Crippen LogP contribution >= 0.6 is 0 Å². The molecule has 0 saturated carbocycles. The van der Waals surface area contributed by atoms with E-state index in [0.29, 0.717) is 11.3 Å². The molecule has 3 N–H and O–H groups in total. The molecule has 0 spiro atoms. The minimum Gasteiger partial charge on any atom is -0.484 e. The number of hydrogen-bond acceptors (Lipinski definition) is 4. The number of ketones is 1. The fraction of sp³-hybridized carbons (Fsp3) is 0.235. The van der Waals surface area contributed by atoms with Gasteiger partial charge in [0, 0.05) is 11.8 Å². The normalized spacial score (nSPS) is 10.1. The zero-order valence-corrected chi connectivity index (χ0v) is 13.5.